The number of nitrogens with zero attached hydrogens (tertiary/aromatic N) is 1. The number of nitrogens with two attached hydrogens (primary N) is 1. The molecule has 1 heterocycles. The van der Waals surface area contributed by atoms with Gasteiger partial charge < -0.3 is 5.73 Å². The van der Waals surface area contributed by atoms with Crippen LogP contribution in [0.1, 0.15) is 5.56 Å². The molecule has 2 aromatic rings. The van der Waals surface area contributed by atoms with Crippen molar-refractivity contribution in [2.24, 2.45) is 5.73 Å². The lowest BCUT2D eigenvalue weighted by atomic mass is 10.1. The molecule has 0 aliphatic carbocycles. The first-order valence-corrected chi connectivity index (χ1v) is 4.99. The largest absolute Gasteiger partial charge is 0.389 e. The third kappa shape index (κ3) is 2.19. The van der Waals surface area contributed by atoms with E-state index in [9.17, 15) is 0 Å². The summed E-state index contributed by atoms with van der Waals surface area (Å²) in [6, 6.07) is 13.6. The van der Waals surface area contributed by atoms with Gasteiger partial charge in [0, 0.05) is 17.3 Å². The third-order valence-corrected chi connectivity index (χ3v) is 2.34. The zero-order valence-corrected chi connectivity index (χ0v) is 8.87. The van der Waals surface area contributed by atoms with E-state index in [2.05, 4.69) is 4.98 Å². The molecule has 0 fully saturated rings. The van der Waals surface area contributed by atoms with Crippen molar-refractivity contribution in [3.8, 4) is 11.3 Å². The van der Waals surface area contributed by atoms with Gasteiger partial charge in [-0.05, 0) is 18.2 Å². The standard InChI is InChI=1S/C12H10N2S/c13-12(15)10-5-3-4-9(8-10)11-6-1-2-7-14-11/h1-8H,(H2,13,15). The van der Waals surface area contributed by atoms with Gasteiger partial charge in [0.1, 0.15) is 4.99 Å². The molecule has 0 aliphatic heterocycles. The van der Waals surface area contributed by atoms with Crippen LogP contribution in [0, 0.1) is 0 Å². The maximum absolute atomic E-state index is 5.57. The van der Waals surface area contributed by atoms with Crippen LogP contribution in [0.4, 0.5) is 0 Å². The van der Waals surface area contributed by atoms with Crippen molar-refractivity contribution in [2.75, 3.05) is 0 Å². The van der Waals surface area contributed by atoms with E-state index in [1.807, 2.05) is 42.5 Å². The van der Waals surface area contributed by atoms with Crippen molar-refractivity contribution in [1.29, 1.82) is 0 Å². The van der Waals surface area contributed by atoms with Gasteiger partial charge in [-0.1, -0.05) is 36.5 Å². The van der Waals surface area contributed by atoms with Crippen LogP contribution in [0.15, 0.2) is 48.7 Å². The molecule has 2 rings (SSSR count). The minimum Gasteiger partial charge on any atom is -0.389 e. The lowest BCUT2D eigenvalue weighted by Gasteiger charge is -2.02. The summed E-state index contributed by atoms with van der Waals surface area (Å²) in [5.74, 6) is 0. The minimum absolute atomic E-state index is 0.410. The van der Waals surface area contributed by atoms with Crippen LogP contribution in [0.25, 0.3) is 11.3 Å². The topological polar surface area (TPSA) is 38.9 Å². The summed E-state index contributed by atoms with van der Waals surface area (Å²) in [4.78, 5) is 4.68. The first-order valence-electron chi connectivity index (χ1n) is 4.58. The number of hydrogen-bond donors (Lipinski definition) is 1. The Morgan fingerprint density at radius 3 is 2.67 bits per heavy atom. The molecule has 0 unspecified atom stereocenters. The maximum Gasteiger partial charge on any atom is 0.104 e. The van der Waals surface area contributed by atoms with E-state index in [0.717, 1.165) is 16.8 Å². The molecule has 3 heteroatoms. The molecule has 0 saturated carbocycles. The van der Waals surface area contributed by atoms with E-state index < -0.39 is 0 Å². The number of thiocarbonyl (C=S) groups is 1. The highest BCUT2D eigenvalue weighted by Crippen LogP contribution is 2.17. The van der Waals surface area contributed by atoms with Gasteiger partial charge in [-0.2, -0.15) is 0 Å². The van der Waals surface area contributed by atoms with Gasteiger partial charge in [-0.25, -0.2) is 0 Å². The highest BCUT2D eigenvalue weighted by Gasteiger charge is 2.00. The van der Waals surface area contributed by atoms with E-state index in [0.29, 0.717) is 4.99 Å². The number of hydrogen-bond acceptors (Lipinski definition) is 2. The van der Waals surface area contributed by atoms with Gasteiger partial charge in [-0.15, -0.1) is 0 Å². The number of pyridine rings is 1. The van der Waals surface area contributed by atoms with Crippen molar-refractivity contribution >= 4 is 17.2 Å². The zero-order chi connectivity index (χ0) is 10.7. The van der Waals surface area contributed by atoms with Gasteiger partial charge in [0.15, 0.2) is 0 Å². The van der Waals surface area contributed by atoms with Crippen molar-refractivity contribution in [1.82, 2.24) is 4.98 Å². The summed E-state index contributed by atoms with van der Waals surface area (Å²) in [7, 11) is 0. The third-order valence-electron chi connectivity index (χ3n) is 2.11. The average Bonchev–Trinajstić information content (AvgIpc) is 2.30. The molecule has 0 radical (unpaired) electrons. The molecule has 0 spiro atoms. The minimum atomic E-state index is 0.410. The maximum atomic E-state index is 5.57. The summed E-state index contributed by atoms with van der Waals surface area (Å²) >= 11 is 4.93. The lowest BCUT2D eigenvalue weighted by Crippen LogP contribution is -2.08. The smallest absolute Gasteiger partial charge is 0.104 e. The molecular formula is C12H10N2S. The normalized spacial score (nSPS) is 9.87. The fraction of sp³-hybridized carbons (Fsp3) is 0. The molecule has 0 saturated heterocycles. The molecule has 74 valence electrons. The average molecular weight is 214 g/mol. The first kappa shape index (κ1) is 9.80. The Hall–Kier alpha value is -1.74. The first-order chi connectivity index (χ1) is 7.27. The molecule has 0 aliphatic rings. The van der Waals surface area contributed by atoms with E-state index in [4.69, 9.17) is 18.0 Å². The Kier molecular flexibility index (Phi) is 2.74. The summed E-state index contributed by atoms with van der Waals surface area (Å²) in [5, 5.41) is 0. The van der Waals surface area contributed by atoms with Crippen LogP contribution < -0.4 is 5.73 Å². The van der Waals surface area contributed by atoms with Crippen molar-refractivity contribution in [3.05, 3.63) is 54.2 Å². The molecule has 0 atom stereocenters. The molecule has 2 N–H and O–H groups in total. The SMILES string of the molecule is NC(=S)c1cccc(-c2ccccn2)c1. The molecule has 1 aromatic heterocycles. The van der Waals surface area contributed by atoms with Gasteiger partial charge in [0.05, 0.1) is 5.69 Å². The summed E-state index contributed by atoms with van der Waals surface area (Å²) in [5.41, 5.74) is 8.40. The predicted octanol–water partition coefficient (Wildman–Crippen LogP) is 2.38. The Morgan fingerprint density at radius 2 is 2.00 bits per heavy atom. The Bertz CT molecular complexity index is 480. The van der Waals surface area contributed by atoms with Crippen molar-refractivity contribution in [3.63, 3.8) is 0 Å². The van der Waals surface area contributed by atoms with Gasteiger partial charge >= 0.3 is 0 Å². The van der Waals surface area contributed by atoms with Crippen molar-refractivity contribution in [2.45, 2.75) is 0 Å². The number of rotatable bonds is 2. The monoisotopic (exact) mass is 214 g/mol. The van der Waals surface area contributed by atoms with Crippen LogP contribution in [0.3, 0.4) is 0 Å². The van der Waals surface area contributed by atoms with Crippen LogP contribution in [0.5, 0.6) is 0 Å². The van der Waals surface area contributed by atoms with Crippen molar-refractivity contribution < 1.29 is 0 Å². The van der Waals surface area contributed by atoms with E-state index in [-0.39, 0.29) is 0 Å². The Balaban J connectivity index is 2.46. The molecule has 15 heavy (non-hydrogen) atoms. The highest BCUT2D eigenvalue weighted by atomic mass is 32.1. The van der Waals surface area contributed by atoms with E-state index in [1.54, 1.807) is 6.20 Å². The predicted molar refractivity (Wildman–Crippen MR) is 65.6 cm³/mol. The second-order valence-corrected chi connectivity index (χ2v) is 3.60. The van der Waals surface area contributed by atoms with E-state index >= 15 is 0 Å². The molecule has 2 nitrogen and oxygen atoms in total. The fourth-order valence-corrected chi connectivity index (χ4v) is 1.49. The second kappa shape index (κ2) is 4.19. The molecule has 0 bridgehead atoms. The fourth-order valence-electron chi connectivity index (χ4n) is 1.37. The van der Waals surface area contributed by atoms with Gasteiger partial charge in [0.2, 0.25) is 0 Å². The van der Waals surface area contributed by atoms with Crippen LogP contribution >= 0.6 is 12.2 Å². The van der Waals surface area contributed by atoms with Gasteiger partial charge in [-0.3, -0.25) is 4.98 Å². The zero-order valence-electron chi connectivity index (χ0n) is 8.05. The summed E-state index contributed by atoms with van der Waals surface area (Å²) in [6.07, 6.45) is 1.77. The Morgan fingerprint density at radius 1 is 1.13 bits per heavy atom. The lowest BCUT2D eigenvalue weighted by molar-refractivity contribution is 1.32. The molecule has 1 aromatic carbocycles. The highest BCUT2D eigenvalue weighted by molar-refractivity contribution is 7.80. The van der Waals surface area contributed by atoms with Crippen LogP contribution in [-0.4, -0.2) is 9.97 Å². The number of benzene rings is 1. The van der Waals surface area contributed by atoms with Crippen LogP contribution in [-0.2, 0) is 0 Å². The quantitative estimate of drug-likeness (QED) is 0.780. The Labute approximate surface area is 93.8 Å². The number of aromatic nitrogens is 1. The summed E-state index contributed by atoms with van der Waals surface area (Å²) < 4.78 is 0. The van der Waals surface area contributed by atoms with Crippen LogP contribution in [0.2, 0.25) is 0 Å². The molecular weight excluding hydrogens is 204 g/mol. The van der Waals surface area contributed by atoms with E-state index in [1.165, 1.54) is 0 Å². The second-order valence-electron chi connectivity index (χ2n) is 3.16. The van der Waals surface area contributed by atoms with Gasteiger partial charge in [0.25, 0.3) is 0 Å². The molecule has 0 amide bonds. The summed E-state index contributed by atoms with van der Waals surface area (Å²) in [6.45, 7) is 0.